The molecule has 1 amide bonds. The molecule has 2 N–H and O–H groups in total. The Labute approximate surface area is 89.3 Å². The first kappa shape index (κ1) is 11.7. The summed E-state index contributed by atoms with van der Waals surface area (Å²) in [5, 5.41) is 11.7. The lowest BCUT2D eigenvalue weighted by Crippen LogP contribution is -2.36. The normalized spacial score (nSPS) is 12.2. The molecule has 1 aromatic heterocycles. The summed E-state index contributed by atoms with van der Waals surface area (Å²) in [6.45, 7) is 3.74. The minimum Gasteiger partial charge on any atom is -0.394 e. The third kappa shape index (κ3) is 3.32. The number of aliphatic hydroxyl groups is 1. The van der Waals surface area contributed by atoms with E-state index in [2.05, 4.69) is 10.3 Å². The lowest BCUT2D eigenvalue weighted by Gasteiger charge is -2.13. The molecule has 1 aromatic rings. The van der Waals surface area contributed by atoms with E-state index in [1.165, 1.54) is 6.20 Å². The largest absolute Gasteiger partial charge is 0.394 e. The average molecular weight is 208 g/mol. The fourth-order valence-corrected chi connectivity index (χ4v) is 1.15. The first-order valence-corrected chi connectivity index (χ1v) is 5.01. The Balaban J connectivity index is 2.64. The topological polar surface area (TPSA) is 62.2 Å². The van der Waals surface area contributed by atoms with Crippen molar-refractivity contribution in [2.75, 3.05) is 6.61 Å². The van der Waals surface area contributed by atoms with E-state index in [1.807, 2.05) is 13.8 Å². The molecule has 0 fully saturated rings. The highest BCUT2D eigenvalue weighted by molar-refractivity contribution is 5.94. The summed E-state index contributed by atoms with van der Waals surface area (Å²) in [4.78, 5) is 15.7. The molecule has 1 atom stereocenters. The van der Waals surface area contributed by atoms with E-state index in [9.17, 15) is 4.79 Å². The highest BCUT2D eigenvalue weighted by atomic mass is 16.3. The SMILES string of the molecule is CC[C@@H](CO)NC(=O)c1ccc(C)nc1. The van der Waals surface area contributed by atoms with Gasteiger partial charge < -0.3 is 10.4 Å². The van der Waals surface area contributed by atoms with Crippen molar-refractivity contribution in [1.29, 1.82) is 0 Å². The van der Waals surface area contributed by atoms with Gasteiger partial charge in [-0.1, -0.05) is 6.92 Å². The van der Waals surface area contributed by atoms with Gasteiger partial charge in [-0.2, -0.15) is 0 Å². The molecule has 15 heavy (non-hydrogen) atoms. The number of carbonyl (C=O) groups excluding carboxylic acids is 1. The average Bonchev–Trinajstić information content (AvgIpc) is 2.26. The zero-order valence-corrected chi connectivity index (χ0v) is 9.03. The van der Waals surface area contributed by atoms with Crippen molar-refractivity contribution >= 4 is 5.91 Å². The molecular formula is C11H16N2O2. The maximum Gasteiger partial charge on any atom is 0.253 e. The highest BCUT2D eigenvalue weighted by Crippen LogP contribution is 2.00. The van der Waals surface area contributed by atoms with Crippen molar-refractivity contribution in [3.05, 3.63) is 29.6 Å². The van der Waals surface area contributed by atoms with Gasteiger partial charge in [-0.3, -0.25) is 9.78 Å². The van der Waals surface area contributed by atoms with Crippen LogP contribution in [0.5, 0.6) is 0 Å². The first-order valence-electron chi connectivity index (χ1n) is 5.01. The van der Waals surface area contributed by atoms with Gasteiger partial charge in [0.25, 0.3) is 5.91 Å². The van der Waals surface area contributed by atoms with Crippen molar-refractivity contribution in [2.45, 2.75) is 26.3 Å². The van der Waals surface area contributed by atoms with Crippen molar-refractivity contribution in [2.24, 2.45) is 0 Å². The molecule has 0 aliphatic heterocycles. The van der Waals surface area contributed by atoms with E-state index < -0.39 is 0 Å². The van der Waals surface area contributed by atoms with Gasteiger partial charge in [0.15, 0.2) is 0 Å². The van der Waals surface area contributed by atoms with Gasteiger partial charge in [0.1, 0.15) is 0 Å². The number of hydrogen-bond acceptors (Lipinski definition) is 3. The van der Waals surface area contributed by atoms with Crippen LogP contribution >= 0.6 is 0 Å². The molecule has 82 valence electrons. The number of amides is 1. The molecule has 0 saturated carbocycles. The van der Waals surface area contributed by atoms with Crippen molar-refractivity contribution in [3.63, 3.8) is 0 Å². The summed E-state index contributed by atoms with van der Waals surface area (Å²) in [5.74, 6) is -0.191. The molecule has 0 bridgehead atoms. The minimum absolute atomic E-state index is 0.0401. The van der Waals surface area contributed by atoms with Gasteiger partial charge in [0, 0.05) is 11.9 Å². The predicted octanol–water partition coefficient (Wildman–Crippen LogP) is 0.891. The Morgan fingerprint density at radius 2 is 2.33 bits per heavy atom. The monoisotopic (exact) mass is 208 g/mol. The van der Waals surface area contributed by atoms with E-state index in [0.717, 1.165) is 5.69 Å². The first-order chi connectivity index (χ1) is 7.17. The van der Waals surface area contributed by atoms with Crippen LogP contribution in [0, 0.1) is 6.92 Å². The van der Waals surface area contributed by atoms with E-state index in [0.29, 0.717) is 12.0 Å². The number of hydrogen-bond donors (Lipinski definition) is 2. The molecule has 4 heteroatoms. The number of nitrogens with one attached hydrogen (secondary N) is 1. The number of carbonyl (C=O) groups is 1. The lowest BCUT2D eigenvalue weighted by atomic mass is 10.2. The van der Waals surface area contributed by atoms with Gasteiger partial charge in [0.2, 0.25) is 0 Å². The number of rotatable bonds is 4. The maximum absolute atomic E-state index is 11.6. The number of pyridine rings is 1. The van der Waals surface area contributed by atoms with Gasteiger partial charge in [-0.25, -0.2) is 0 Å². The van der Waals surface area contributed by atoms with Crippen LogP contribution in [0.4, 0.5) is 0 Å². The molecule has 0 aliphatic carbocycles. The van der Waals surface area contributed by atoms with Gasteiger partial charge in [-0.15, -0.1) is 0 Å². The number of aryl methyl sites for hydroxylation is 1. The summed E-state index contributed by atoms with van der Waals surface area (Å²) < 4.78 is 0. The van der Waals surface area contributed by atoms with Crippen LogP contribution in [0.2, 0.25) is 0 Å². The van der Waals surface area contributed by atoms with Gasteiger partial charge >= 0.3 is 0 Å². The Morgan fingerprint density at radius 1 is 1.60 bits per heavy atom. The van der Waals surface area contributed by atoms with E-state index in [4.69, 9.17) is 5.11 Å². The standard InChI is InChI=1S/C11H16N2O2/c1-3-10(7-14)13-11(15)9-5-4-8(2)12-6-9/h4-6,10,14H,3,7H2,1-2H3,(H,13,15)/t10-/m0/s1. The second-order valence-corrected chi connectivity index (χ2v) is 3.45. The molecule has 1 heterocycles. The van der Waals surface area contributed by atoms with E-state index in [1.54, 1.807) is 12.1 Å². The molecule has 0 aromatic carbocycles. The molecule has 0 saturated heterocycles. The molecule has 0 spiro atoms. The van der Waals surface area contributed by atoms with E-state index >= 15 is 0 Å². The summed E-state index contributed by atoms with van der Waals surface area (Å²) in [7, 11) is 0. The molecular weight excluding hydrogens is 192 g/mol. The van der Waals surface area contributed by atoms with Gasteiger partial charge in [0.05, 0.1) is 18.2 Å². The Bertz CT molecular complexity index is 318. The second kappa shape index (κ2) is 5.46. The van der Waals surface area contributed by atoms with Crippen LogP contribution in [0.3, 0.4) is 0 Å². The second-order valence-electron chi connectivity index (χ2n) is 3.45. The van der Waals surface area contributed by atoms with Crippen LogP contribution in [0.15, 0.2) is 18.3 Å². The molecule has 1 rings (SSSR count). The van der Waals surface area contributed by atoms with Crippen LogP contribution in [0.1, 0.15) is 29.4 Å². The zero-order valence-electron chi connectivity index (χ0n) is 9.03. The molecule has 0 unspecified atom stereocenters. The highest BCUT2D eigenvalue weighted by Gasteiger charge is 2.10. The Hall–Kier alpha value is -1.42. The fourth-order valence-electron chi connectivity index (χ4n) is 1.15. The summed E-state index contributed by atoms with van der Waals surface area (Å²) in [6.07, 6.45) is 2.25. The lowest BCUT2D eigenvalue weighted by molar-refractivity contribution is 0.0914. The number of aromatic nitrogens is 1. The molecule has 0 aliphatic rings. The quantitative estimate of drug-likeness (QED) is 0.772. The van der Waals surface area contributed by atoms with Crippen molar-refractivity contribution < 1.29 is 9.90 Å². The van der Waals surface area contributed by atoms with Crippen LogP contribution in [-0.4, -0.2) is 28.6 Å². The van der Waals surface area contributed by atoms with Crippen LogP contribution in [0.25, 0.3) is 0 Å². The zero-order chi connectivity index (χ0) is 11.3. The third-order valence-corrected chi connectivity index (χ3v) is 2.22. The van der Waals surface area contributed by atoms with Gasteiger partial charge in [-0.05, 0) is 25.5 Å². The minimum atomic E-state index is -0.191. The van der Waals surface area contributed by atoms with Crippen LogP contribution in [-0.2, 0) is 0 Å². The van der Waals surface area contributed by atoms with Crippen LogP contribution < -0.4 is 5.32 Å². The molecule has 4 nitrogen and oxygen atoms in total. The number of aliphatic hydroxyl groups excluding tert-OH is 1. The fraction of sp³-hybridized carbons (Fsp3) is 0.455. The van der Waals surface area contributed by atoms with Crippen molar-refractivity contribution in [3.8, 4) is 0 Å². The van der Waals surface area contributed by atoms with Crippen molar-refractivity contribution in [1.82, 2.24) is 10.3 Å². The summed E-state index contributed by atoms with van der Waals surface area (Å²) in [6, 6.07) is 3.33. The summed E-state index contributed by atoms with van der Waals surface area (Å²) >= 11 is 0. The Morgan fingerprint density at radius 3 is 2.80 bits per heavy atom. The summed E-state index contributed by atoms with van der Waals surface area (Å²) in [5.41, 5.74) is 1.40. The smallest absolute Gasteiger partial charge is 0.253 e. The molecule has 0 radical (unpaired) electrons. The Kier molecular flexibility index (Phi) is 4.24. The maximum atomic E-state index is 11.6. The van der Waals surface area contributed by atoms with E-state index in [-0.39, 0.29) is 18.6 Å². The number of nitrogens with zero attached hydrogens (tertiary/aromatic N) is 1. The third-order valence-electron chi connectivity index (χ3n) is 2.22. The predicted molar refractivity (Wildman–Crippen MR) is 57.6 cm³/mol.